The minimum absolute atomic E-state index is 0.0812. The van der Waals surface area contributed by atoms with Crippen LogP contribution >= 0.6 is 0 Å². The van der Waals surface area contributed by atoms with E-state index in [1.165, 1.54) is 7.11 Å². The molecule has 0 unspecified atom stereocenters. The van der Waals surface area contributed by atoms with Gasteiger partial charge in [-0.1, -0.05) is 44.2 Å². The highest BCUT2D eigenvalue weighted by molar-refractivity contribution is 5.88. The number of nitrogens with zero attached hydrogens (tertiary/aromatic N) is 2. The molecule has 0 saturated heterocycles. The third-order valence-corrected chi connectivity index (χ3v) is 4.23. The lowest BCUT2D eigenvalue weighted by Gasteiger charge is -2.44. The fraction of sp³-hybridized carbons (Fsp3) is 0.556. The van der Waals surface area contributed by atoms with E-state index in [4.69, 9.17) is 4.74 Å². The molecule has 0 bridgehead atoms. The summed E-state index contributed by atoms with van der Waals surface area (Å²) in [6, 6.07) is 9.65. The summed E-state index contributed by atoms with van der Waals surface area (Å²) >= 11 is 0. The van der Waals surface area contributed by atoms with Crippen molar-refractivity contribution in [3.05, 3.63) is 35.9 Å². The van der Waals surface area contributed by atoms with Gasteiger partial charge in [-0.3, -0.25) is 4.99 Å². The smallest absolute Gasteiger partial charge is 0.340 e. The van der Waals surface area contributed by atoms with E-state index in [1.807, 2.05) is 36.7 Å². The van der Waals surface area contributed by atoms with Crippen LogP contribution in [-0.4, -0.2) is 35.9 Å². The molecule has 0 aromatic heterocycles. The lowest BCUT2D eigenvalue weighted by atomic mass is 9.77. The van der Waals surface area contributed by atoms with Crippen LogP contribution in [0.1, 0.15) is 40.2 Å². The van der Waals surface area contributed by atoms with Gasteiger partial charge in [0.1, 0.15) is 0 Å². The summed E-state index contributed by atoms with van der Waals surface area (Å²) in [7, 11) is 1.43. The zero-order valence-corrected chi connectivity index (χ0v) is 14.3. The summed E-state index contributed by atoms with van der Waals surface area (Å²) in [6.45, 7) is 10.6. The molecule has 2 atom stereocenters. The van der Waals surface area contributed by atoms with Crippen molar-refractivity contribution in [1.82, 2.24) is 4.90 Å². The fourth-order valence-electron chi connectivity index (χ4n) is 3.28. The molecule has 22 heavy (non-hydrogen) atoms. The van der Waals surface area contributed by atoms with Crippen LogP contribution < -0.4 is 0 Å². The van der Waals surface area contributed by atoms with E-state index in [9.17, 15) is 4.79 Å². The Labute approximate surface area is 133 Å². The minimum atomic E-state index is -1.00. The van der Waals surface area contributed by atoms with E-state index in [0.717, 1.165) is 5.56 Å². The molecule has 1 aromatic rings. The Morgan fingerprint density at radius 2 is 1.86 bits per heavy atom. The molecule has 120 valence electrons. The molecular formula is C18H26N2O2. The molecule has 0 amide bonds. The number of rotatable bonds is 3. The van der Waals surface area contributed by atoms with Gasteiger partial charge in [-0.25, -0.2) is 4.79 Å². The Bertz CT molecular complexity index is 560. The van der Waals surface area contributed by atoms with Crippen LogP contribution in [0, 0.1) is 5.92 Å². The van der Waals surface area contributed by atoms with Crippen LogP contribution in [0.3, 0.4) is 0 Å². The lowest BCUT2D eigenvalue weighted by molar-refractivity contribution is -0.150. The van der Waals surface area contributed by atoms with Gasteiger partial charge < -0.3 is 9.64 Å². The van der Waals surface area contributed by atoms with Crippen molar-refractivity contribution < 1.29 is 9.53 Å². The van der Waals surface area contributed by atoms with Gasteiger partial charge in [0.2, 0.25) is 5.54 Å². The average molecular weight is 302 g/mol. The summed E-state index contributed by atoms with van der Waals surface area (Å²) < 4.78 is 5.15. The van der Waals surface area contributed by atoms with Crippen molar-refractivity contribution in [2.24, 2.45) is 10.9 Å². The Kier molecular flexibility index (Phi) is 4.32. The second kappa shape index (κ2) is 5.75. The second-order valence-corrected chi connectivity index (χ2v) is 7.14. The molecule has 2 rings (SSSR count). The number of carbonyl (C=O) groups excluding carboxylic acids is 1. The van der Waals surface area contributed by atoms with E-state index in [1.54, 1.807) is 0 Å². The van der Waals surface area contributed by atoms with Gasteiger partial charge in [0.15, 0.2) is 0 Å². The van der Waals surface area contributed by atoms with Crippen LogP contribution in [0.4, 0.5) is 0 Å². The standard InChI is InChI=1S/C18H26N2O2/c1-13(2)15-18(16(21)22-6,14-10-8-7-9-11-14)19-12-20(15)17(3,4)5/h7-13,15H,1-6H3/t15-,18+/m1/s1. The number of ether oxygens (including phenoxy) is 1. The highest BCUT2D eigenvalue weighted by Gasteiger charge is 2.56. The highest BCUT2D eigenvalue weighted by atomic mass is 16.5. The molecule has 4 heteroatoms. The van der Waals surface area contributed by atoms with Crippen molar-refractivity contribution in [3.63, 3.8) is 0 Å². The largest absolute Gasteiger partial charge is 0.467 e. The summed E-state index contributed by atoms with van der Waals surface area (Å²) in [5.41, 5.74) is -0.246. The normalized spacial score (nSPS) is 24.9. The van der Waals surface area contributed by atoms with Crippen LogP contribution in [0.15, 0.2) is 35.3 Å². The van der Waals surface area contributed by atoms with Crippen LogP contribution in [-0.2, 0) is 15.1 Å². The molecule has 0 N–H and O–H groups in total. The SMILES string of the molecule is COC(=O)[C@@]1(c2ccccc2)N=CN(C(C)(C)C)[C@@H]1C(C)C. The number of hydrogen-bond acceptors (Lipinski definition) is 4. The van der Waals surface area contributed by atoms with E-state index < -0.39 is 5.54 Å². The molecule has 1 aliphatic rings. The third kappa shape index (κ3) is 2.51. The monoisotopic (exact) mass is 302 g/mol. The van der Waals surface area contributed by atoms with Crippen molar-refractivity contribution in [1.29, 1.82) is 0 Å². The van der Waals surface area contributed by atoms with E-state index in [0.29, 0.717) is 0 Å². The molecule has 0 radical (unpaired) electrons. The van der Waals surface area contributed by atoms with Gasteiger partial charge in [0.05, 0.1) is 19.5 Å². The molecular weight excluding hydrogens is 276 g/mol. The quantitative estimate of drug-likeness (QED) is 0.805. The molecule has 0 aliphatic carbocycles. The maximum Gasteiger partial charge on any atom is 0.340 e. The van der Waals surface area contributed by atoms with Gasteiger partial charge in [0.25, 0.3) is 0 Å². The molecule has 1 aromatic carbocycles. The number of hydrogen-bond donors (Lipinski definition) is 0. The molecule has 0 fully saturated rings. The van der Waals surface area contributed by atoms with Gasteiger partial charge >= 0.3 is 5.97 Å². The van der Waals surface area contributed by atoms with Crippen LogP contribution in [0.2, 0.25) is 0 Å². The van der Waals surface area contributed by atoms with Crippen LogP contribution in [0.5, 0.6) is 0 Å². The first-order chi connectivity index (χ1) is 10.2. The van der Waals surface area contributed by atoms with Gasteiger partial charge in [-0.05, 0) is 32.3 Å². The number of esters is 1. The highest BCUT2D eigenvalue weighted by Crippen LogP contribution is 2.43. The summed E-state index contributed by atoms with van der Waals surface area (Å²) in [5.74, 6) is -0.0681. The maximum atomic E-state index is 12.8. The first-order valence-corrected chi connectivity index (χ1v) is 7.73. The minimum Gasteiger partial charge on any atom is -0.467 e. The Hall–Kier alpha value is -1.84. The molecule has 1 heterocycles. The van der Waals surface area contributed by atoms with Crippen LogP contribution in [0.25, 0.3) is 0 Å². The topological polar surface area (TPSA) is 41.9 Å². The van der Waals surface area contributed by atoms with Gasteiger partial charge in [-0.2, -0.15) is 0 Å². The fourth-order valence-corrected chi connectivity index (χ4v) is 3.28. The number of carbonyl (C=O) groups is 1. The Morgan fingerprint density at radius 1 is 1.27 bits per heavy atom. The maximum absolute atomic E-state index is 12.8. The van der Waals surface area contributed by atoms with Crippen molar-refractivity contribution >= 4 is 12.3 Å². The Balaban J connectivity index is 2.64. The molecule has 4 nitrogen and oxygen atoms in total. The summed E-state index contributed by atoms with van der Waals surface area (Å²) in [5, 5.41) is 0. The summed E-state index contributed by atoms with van der Waals surface area (Å²) in [6.07, 6.45) is 1.81. The van der Waals surface area contributed by atoms with Crippen molar-refractivity contribution in [2.75, 3.05) is 7.11 Å². The zero-order valence-electron chi connectivity index (χ0n) is 14.3. The second-order valence-electron chi connectivity index (χ2n) is 7.14. The van der Waals surface area contributed by atoms with Crippen molar-refractivity contribution in [2.45, 2.75) is 51.7 Å². The number of aliphatic imine (C=N–C) groups is 1. The van der Waals surface area contributed by atoms with E-state index in [2.05, 4.69) is 44.5 Å². The predicted octanol–water partition coefficient (Wildman–Crippen LogP) is 3.22. The molecule has 0 saturated carbocycles. The molecule has 1 aliphatic heterocycles. The first kappa shape index (κ1) is 16.5. The van der Waals surface area contributed by atoms with Gasteiger partial charge in [-0.15, -0.1) is 0 Å². The number of benzene rings is 1. The number of methoxy groups -OCH3 is 1. The summed E-state index contributed by atoms with van der Waals surface area (Å²) in [4.78, 5) is 19.6. The van der Waals surface area contributed by atoms with E-state index in [-0.39, 0.29) is 23.5 Å². The van der Waals surface area contributed by atoms with Gasteiger partial charge in [0, 0.05) is 5.54 Å². The zero-order chi connectivity index (χ0) is 16.5. The first-order valence-electron chi connectivity index (χ1n) is 7.73. The lowest BCUT2D eigenvalue weighted by Crippen LogP contribution is -2.56. The van der Waals surface area contributed by atoms with Crippen molar-refractivity contribution in [3.8, 4) is 0 Å². The average Bonchev–Trinajstić information content (AvgIpc) is 2.89. The Morgan fingerprint density at radius 3 is 2.32 bits per heavy atom. The van der Waals surface area contributed by atoms with E-state index >= 15 is 0 Å². The third-order valence-electron chi connectivity index (χ3n) is 4.23. The predicted molar refractivity (Wildman–Crippen MR) is 88.8 cm³/mol. The molecule has 0 spiro atoms.